The SMILES string of the molecule is CC(C(=O)NC1CCCc2c1cnn2Cc1ccccc1)n1c(-c2cccs2)n[nH]c1=S. The first-order valence-electron chi connectivity index (χ1n) is 10.7. The summed E-state index contributed by atoms with van der Waals surface area (Å²) in [7, 11) is 0. The van der Waals surface area contributed by atoms with Gasteiger partial charge in [0, 0.05) is 11.3 Å². The number of fused-ring (bicyclic) bond motifs is 1. The van der Waals surface area contributed by atoms with E-state index in [1.165, 1.54) is 11.3 Å². The fourth-order valence-electron chi connectivity index (χ4n) is 4.31. The quantitative estimate of drug-likeness (QED) is 0.407. The van der Waals surface area contributed by atoms with Crippen LogP contribution < -0.4 is 5.32 Å². The van der Waals surface area contributed by atoms with Crippen molar-refractivity contribution in [2.45, 2.75) is 44.8 Å². The Bertz CT molecular complexity index is 1270. The number of nitrogens with one attached hydrogen (secondary N) is 2. The number of benzene rings is 1. The van der Waals surface area contributed by atoms with Crippen LogP contribution in [0.1, 0.15) is 48.7 Å². The smallest absolute Gasteiger partial charge is 0.243 e. The largest absolute Gasteiger partial charge is 0.347 e. The highest BCUT2D eigenvalue weighted by molar-refractivity contribution is 7.71. The molecule has 0 fully saturated rings. The Balaban J connectivity index is 1.36. The van der Waals surface area contributed by atoms with Crippen LogP contribution in [0, 0.1) is 4.77 Å². The van der Waals surface area contributed by atoms with Crippen LogP contribution in [0.15, 0.2) is 54.0 Å². The number of aromatic amines is 1. The topological polar surface area (TPSA) is 80.5 Å². The predicted molar refractivity (Wildman–Crippen MR) is 127 cm³/mol. The standard InChI is InChI=1S/C23H24N6OS2/c1-15(29-21(26-27-23(29)31)20-11-6-12-32-20)22(30)25-18-9-5-10-19-17(18)13-24-28(19)14-16-7-3-2-4-8-16/h2-4,6-8,11-13,15,18H,5,9-10,14H2,1H3,(H,25,30)(H,27,31). The monoisotopic (exact) mass is 464 g/mol. The first kappa shape index (κ1) is 20.8. The van der Waals surface area contributed by atoms with Crippen LogP contribution in [-0.2, 0) is 17.8 Å². The van der Waals surface area contributed by atoms with Crippen molar-refractivity contribution in [1.82, 2.24) is 29.9 Å². The lowest BCUT2D eigenvalue weighted by atomic mass is 9.92. The van der Waals surface area contributed by atoms with E-state index in [2.05, 4.69) is 37.4 Å². The Labute approximate surface area is 195 Å². The lowest BCUT2D eigenvalue weighted by molar-refractivity contribution is -0.124. The van der Waals surface area contributed by atoms with E-state index in [1.54, 1.807) is 15.9 Å². The highest BCUT2D eigenvalue weighted by Gasteiger charge is 2.28. The summed E-state index contributed by atoms with van der Waals surface area (Å²) in [4.78, 5) is 14.2. The molecule has 1 aromatic carbocycles. The third kappa shape index (κ3) is 3.93. The molecule has 2 atom stereocenters. The molecule has 3 aromatic heterocycles. The molecule has 164 valence electrons. The van der Waals surface area contributed by atoms with Gasteiger partial charge in [0.15, 0.2) is 10.6 Å². The summed E-state index contributed by atoms with van der Waals surface area (Å²) >= 11 is 7.00. The summed E-state index contributed by atoms with van der Waals surface area (Å²) in [6.45, 7) is 2.60. The number of carbonyl (C=O) groups is 1. The molecule has 0 saturated heterocycles. The van der Waals surface area contributed by atoms with Crippen LogP contribution in [0.4, 0.5) is 0 Å². The van der Waals surface area contributed by atoms with Gasteiger partial charge in [0.1, 0.15) is 6.04 Å². The third-order valence-electron chi connectivity index (χ3n) is 5.97. The molecule has 4 aromatic rings. The number of hydrogen-bond acceptors (Lipinski definition) is 5. The summed E-state index contributed by atoms with van der Waals surface area (Å²) < 4.78 is 4.29. The lowest BCUT2D eigenvalue weighted by Gasteiger charge is -2.26. The molecule has 0 aliphatic heterocycles. The average molecular weight is 465 g/mol. The average Bonchev–Trinajstić information content (AvgIpc) is 3.55. The fourth-order valence-corrected chi connectivity index (χ4v) is 5.31. The summed E-state index contributed by atoms with van der Waals surface area (Å²) in [5.74, 6) is 0.613. The number of hydrogen-bond donors (Lipinski definition) is 2. The van der Waals surface area contributed by atoms with E-state index in [4.69, 9.17) is 12.2 Å². The normalized spacial score (nSPS) is 16.5. The molecular weight excluding hydrogens is 440 g/mol. The van der Waals surface area contributed by atoms with Gasteiger partial charge in [-0.15, -0.1) is 11.3 Å². The van der Waals surface area contributed by atoms with Crippen molar-refractivity contribution in [1.29, 1.82) is 0 Å². The van der Waals surface area contributed by atoms with Crippen molar-refractivity contribution in [3.8, 4) is 10.7 Å². The molecule has 0 radical (unpaired) electrons. The Morgan fingerprint density at radius 1 is 1.31 bits per heavy atom. The van der Waals surface area contributed by atoms with Crippen LogP contribution in [0.25, 0.3) is 10.7 Å². The van der Waals surface area contributed by atoms with Gasteiger partial charge in [-0.05, 0) is 55.4 Å². The van der Waals surface area contributed by atoms with Gasteiger partial charge in [0.2, 0.25) is 5.91 Å². The second-order valence-corrected chi connectivity index (χ2v) is 9.35. The van der Waals surface area contributed by atoms with Gasteiger partial charge in [0.05, 0.1) is 23.7 Å². The first-order chi connectivity index (χ1) is 15.6. The van der Waals surface area contributed by atoms with Gasteiger partial charge in [-0.2, -0.15) is 10.2 Å². The van der Waals surface area contributed by atoms with Crippen molar-refractivity contribution in [3.05, 3.63) is 75.6 Å². The van der Waals surface area contributed by atoms with Crippen LogP contribution in [0.2, 0.25) is 0 Å². The number of rotatable bonds is 6. The van der Waals surface area contributed by atoms with Crippen LogP contribution in [0.5, 0.6) is 0 Å². The van der Waals surface area contributed by atoms with Gasteiger partial charge in [-0.3, -0.25) is 19.1 Å². The summed E-state index contributed by atoms with van der Waals surface area (Å²) in [5, 5.41) is 17.1. The Morgan fingerprint density at radius 2 is 2.16 bits per heavy atom. The fraction of sp³-hybridized carbons (Fsp3) is 0.304. The number of amides is 1. The molecule has 2 N–H and O–H groups in total. The van der Waals surface area contributed by atoms with E-state index in [-0.39, 0.29) is 11.9 Å². The van der Waals surface area contributed by atoms with Crippen molar-refractivity contribution in [2.75, 3.05) is 0 Å². The minimum atomic E-state index is -0.483. The van der Waals surface area contributed by atoms with E-state index in [0.717, 1.165) is 36.2 Å². The van der Waals surface area contributed by atoms with Crippen molar-refractivity contribution < 1.29 is 4.79 Å². The van der Waals surface area contributed by atoms with Gasteiger partial charge >= 0.3 is 0 Å². The number of H-pyrrole nitrogens is 1. The second-order valence-electron chi connectivity index (χ2n) is 8.02. The zero-order chi connectivity index (χ0) is 22.1. The molecule has 0 saturated carbocycles. The molecule has 0 bridgehead atoms. The third-order valence-corrected chi connectivity index (χ3v) is 7.12. The van der Waals surface area contributed by atoms with Crippen molar-refractivity contribution in [2.24, 2.45) is 0 Å². The van der Waals surface area contributed by atoms with Gasteiger partial charge in [-0.1, -0.05) is 36.4 Å². The maximum atomic E-state index is 13.2. The molecule has 1 amide bonds. The summed E-state index contributed by atoms with van der Waals surface area (Å²) in [6.07, 6.45) is 4.79. The molecule has 7 nitrogen and oxygen atoms in total. The van der Waals surface area contributed by atoms with Gasteiger partial charge < -0.3 is 5.32 Å². The van der Waals surface area contributed by atoms with Gasteiger partial charge in [0.25, 0.3) is 0 Å². The maximum Gasteiger partial charge on any atom is 0.243 e. The van der Waals surface area contributed by atoms with E-state index in [0.29, 0.717) is 10.6 Å². The number of thiophene rings is 1. The van der Waals surface area contributed by atoms with E-state index < -0.39 is 6.04 Å². The molecule has 1 aliphatic carbocycles. The number of aromatic nitrogens is 5. The lowest BCUT2D eigenvalue weighted by Crippen LogP contribution is -2.36. The number of nitrogens with zero attached hydrogens (tertiary/aromatic N) is 4. The Morgan fingerprint density at radius 3 is 2.94 bits per heavy atom. The molecule has 2 unspecified atom stereocenters. The highest BCUT2D eigenvalue weighted by Crippen LogP contribution is 2.31. The maximum absolute atomic E-state index is 13.2. The van der Waals surface area contributed by atoms with Crippen molar-refractivity contribution in [3.63, 3.8) is 0 Å². The van der Waals surface area contributed by atoms with Gasteiger partial charge in [-0.25, -0.2) is 0 Å². The molecule has 1 aliphatic rings. The molecule has 5 rings (SSSR count). The van der Waals surface area contributed by atoms with E-state index in [9.17, 15) is 4.79 Å². The zero-order valence-electron chi connectivity index (χ0n) is 17.7. The van der Waals surface area contributed by atoms with E-state index in [1.807, 2.05) is 48.8 Å². The first-order valence-corrected chi connectivity index (χ1v) is 12.0. The summed E-state index contributed by atoms with van der Waals surface area (Å²) in [5.41, 5.74) is 3.54. The molecule has 9 heteroatoms. The molecular formula is C23H24N6OS2. The molecule has 32 heavy (non-hydrogen) atoms. The minimum Gasteiger partial charge on any atom is -0.347 e. The van der Waals surface area contributed by atoms with E-state index >= 15 is 0 Å². The Kier molecular flexibility index (Phi) is 5.75. The van der Waals surface area contributed by atoms with Crippen molar-refractivity contribution >= 4 is 29.5 Å². The highest BCUT2D eigenvalue weighted by atomic mass is 32.1. The zero-order valence-corrected chi connectivity index (χ0v) is 19.3. The summed E-state index contributed by atoms with van der Waals surface area (Å²) in [6, 6.07) is 13.7. The number of carbonyl (C=O) groups excluding carboxylic acids is 1. The molecule has 3 heterocycles. The Hall–Kier alpha value is -3.04. The van der Waals surface area contributed by atoms with Crippen LogP contribution in [-0.4, -0.2) is 30.5 Å². The van der Waals surface area contributed by atoms with Crippen LogP contribution >= 0.6 is 23.6 Å². The van der Waals surface area contributed by atoms with Crippen LogP contribution in [0.3, 0.4) is 0 Å². The minimum absolute atomic E-state index is 0.0514. The molecule has 0 spiro atoms. The predicted octanol–water partition coefficient (Wildman–Crippen LogP) is 4.67. The second kappa shape index (κ2) is 8.84.